The van der Waals surface area contributed by atoms with E-state index in [2.05, 4.69) is 16.3 Å². The third kappa shape index (κ3) is 5.41. The molecule has 1 aliphatic carbocycles. The summed E-state index contributed by atoms with van der Waals surface area (Å²) in [6.45, 7) is 2.33. The first-order chi connectivity index (χ1) is 19.8. The maximum atomic E-state index is 14.1. The molecule has 0 bridgehead atoms. The zero-order chi connectivity index (χ0) is 28.6. The standard InChI is InChI=1S/C31H33N5O4S/c1-21-7-12-27(13-8-21)41(39,40)36-16-15-29(36)31(38)35(26-11-14-28-24(17-26)19-33-34-30(28)37)20-25-10-9-23(18-32-25)22-5-3-2-4-6-22/h7-14,17-19,22,29H,2-6,15-16,20H2,1H3,(H,34,37). The average molecular weight is 572 g/mol. The fourth-order valence-electron chi connectivity index (χ4n) is 5.84. The van der Waals surface area contributed by atoms with Crippen molar-refractivity contribution < 1.29 is 13.2 Å². The highest BCUT2D eigenvalue weighted by Gasteiger charge is 2.44. The van der Waals surface area contributed by atoms with E-state index in [1.54, 1.807) is 47.4 Å². The summed E-state index contributed by atoms with van der Waals surface area (Å²) in [5.41, 5.74) is 3.11. The van der Waals surface area contributed by atoms with Crippen LogP contribution in [0.15, 0.2) is 76.7 Å². The van der Waals surface area contributed by atoms with Crippen molar-refractivity contribution in [3.05, 3.63) is 94.2 Å². The lowest BCUT2D eigenvalue weighted by atomic mass is 9.85. The lowest BCUT2D eigenvalue weighted by molar-refractivity contribution is -0.125. The molecule has 212 valence electrons. The minimum absolute atomic E-state index is 0.167. The predicted molar refractivity (Wildman–Crippen MR) is 157 cm³/mol. The number of nitrogens with one attached hydrogen (secondary N) is 1. The topological polar surface area (TPSA) is 116 Å². The van der Waals surface area contributed by atoms with E-state index >= 15 is 0 Å². The highest BCUT2D eigenvalue weighted by atomic mass is 32.2. The van der Waals surface area contributed by atoms with Crippen molar-refractivity contribution in [1.29, 1.82) is 0 Å². The molecule has 1 unspecified atom stereocenters. The minimum Gasteiger partial charge on any atom is -0.305 e. The van der Waals surface area contributed by atoms with Gasteiger partial charge < -0.3 is 4.90 Å². The summed E-state index contributed by atoms with van der Waals surface area (Å²) in [6.07, 6.45) is 9.96. The van der Waals surface area contributed by atoms with Crippen LogP contribution < -0.4 is 10.5 Å². The summed E-state index contributed by atoms with van der Waals surface area (Å²) < 4.78 is 28.2. The summed E-state index contributed by atoms with van der Waals surface area (Å²) in [5, 5.41) is 7.37. The van der Waals surface area contributed by atoms with Gasteiger partial charge in [0.05, 0.1) is 28.7 Å². The van der Waals surface area contributed by atoms with Crippen LogP contribution in [0.4, 0.5) is 5.69 Å². The number of amides is 1. The molecule has 2 aromatic heterocycles. The molecular formula is C31H33N5O4S. The summed E-state index contributed by atoms with van der Waals surface area (Å²) in [7, 11) is -3.85. The first kappa shape index (κ1) is 27.3. The number of nitrogens with zero attached hydrogens (tertiary/aromatic N) is 4. The van der Waals surface area contributed by atoms with Crippen LogP contribution in [0, 0.1) is 6.92 Å². The Morgan fingerprint density at radius 3 is 2.46 bits per heavy atom. The fourth-order valence-corrected chi connectivity index (χ4v) is 7.47. The zero-order valence-corrected chi connectivity index (χ0v) is 23.8. The first-order valence-electron chi connectivity index (χ1n) is 14.1. The number of anilines is 1. The summed E-state index contributed by atoms with van der Waals surface area (Å²) >= 11 is 0. The fraction of sp³-hybridized carbons (Fsp3) is 0.355. The van der Waals surface area contributed by atoms with Crippen LogP contribution in [0.2, 0.25) is 0 Å². The van der Waals surface area contributed by atoms with Gasteiger partial charge in [0.1, 0.15) is 6.04 Å². The molecule has 2 aromatic carbocycles. The largest absolute Gasteiger partial charge is 0.305 e. The molecular weight excluding hydrogens is 538 g/mol. The van der Waals surface area contributed by atoms with E-state index in [4.69, 9.17) is 4.98 Å². The third-order valence-electron chi connectivity index (χ3n) is 8.35. The Morgan fingerprint density at radius 1 is 1.00 bits per heavy atom. The second-order valence-corrected chi connectivity index (χ2v) is 12.9. The van der Waals surface area contributed by atoms with Crippen molar-refractivity contribution in [3.63, 3.8) is 0 Å². The van der Waals surface area contributed by atoms with Gasteiger partial charge in [-0.05, 0) is 74.1 Å². The van der Waals surface area contributed by atoms with Gasteiger partial charge in [-0.25, -0.2) is 13.5 Å². The number of benzene rings is 2. The highest BCUT2D eigenvalue weighted by Crippen LogP contribution is 2.33. The monoisotopic (exact) mass is 571 g/mol. The summed E-state index contributed by atoms with van der Waals surface area (Å²) in [6, 6.07) is 15.0. The van der Waals surface area contributed by atoms with Gasteiger partial charge in [-0.2, -0.15) is 9.40 Å². The van der Waals surface area contributed by atoms with Gasteiger partial charge in [0.2, 0.25) is 15.9 Å². The Kier molecular flexibility index (Phi) is 7.44. The normalized spacial score (nSPS) is 18.2. The van der Waals surface area contributed by atoms with E-state index in [-0.39, 0.29) is 29.5 Å². The molecule has 1 atom stereocenters. The second-order valence-electron chi connectivity index (χ2n) is 11.0. The number of aryl methyl sites for hydroxylation is 1. The number of aromatic nitrogens is 3. The Hall–Kier alpha value is -3.89. The quantitative estimate of drug-likeness (QED) is 0.345. The molecule has 41 heavy (non-hydrogen) atoms. The van der Waals surface area contributed by atoms with Crippen molar-refractivity contribution >= 4 is 32.4 Å². The molecule has 4 aromatic rings. The molecule has 10 heteroatoms. The van der Waals surface area contributed by atoms with E-state index in [1.807, 2.05) is 19.2 Å². The molecule has 1 amide bonds. The Labute approximate surface area is 239 Å². The van der Waals surface area contributed by atoms with Crippen molar-refractivity contribution in [3.8, 4) is 0 Å². The second kappa shape index (κ2) is 11.2. The predicted octanol–water partition coefficient (Wildman–Crippen LogP) is 4.67. The number of hydrogen-bond acceptors (Lipinski definition) is 6. The molecule has 2 fully saturated rings. The van der Waals surface area contributed by atoms with Crippen LogP contribution in [0.1, 0.15) is 61.3 Å². The molecule has 2 aliphatic rings. The van der Waals surface area contributed by atoms with Crippen LogP contribution in [-0.4, -0.2) is 46.4 Å². The number of pyridine rings is 1. The molecule has 1 N–H and O–H groups in total. The number of carbonyl (C=O) groups is 1. The maximum absolute atomic E-state index is 14.1. The number of sulfonamides is 1. The number of aromatic amines is 1. The number of H-pyrrole nitrogens is 1. The van der Waals surface area contributed by atoms with E-state index < -0.39 is 16.1 Å². The molecule has 3 heterocycles. The average Bonchev–Trinajstić information content (AvgIpc) is 2.96. The molecule has 1 aliphatic heterocycles. The van der Waals surface area contributed by atoms with Crippen LogP contribution in [0.5, 0.6) is 0 Å². The van der Waals surface area contributed by atoms with Gasteiger partial charge in [-0.1, -0.05) is 43.0 Å². The molecule has 0 spiro atoms. The van der Waals surface area contributed by atoms with Gasteiger partial charge in [0, 0.05) is 23.8 Å². The third-order valence-corrected chi connectivity index (χ3v) is 10.3. The smallest absolute Gasteiger partial charge is 0.272 e. The van der Waals surface area contributed by atoms with Crippen molar-refractivity contribution in [2.24, 2.45) is 0 Å². The highest BCUT2D eigenvalue weighted by molar-refractivity contribution is 7.89. The van der Waals surface area contributed by atoms with Crippen molar-refractivity contribution in [2.45, 2.75) is 68.8 Å². The van der Waals surface area contributed by atoms with Gasteiger partial charge >= 0.3 is 0 Å². The Bertz CT molecular complexity index is 1730. The molecule has 9 nitrogen and oxygen atoms in total. The van der Waals surface area contributed by atoms with Crippen LogP contribution in [0.25, 0.3) is 10.8 Å². The minimum atomic E-state index is -3.85. The van der Waals surface area contributed by atoms with E-state index in [0.29, 0.717) is 34.5 Å². The van der Waals surface area contributed by atoms with E-state index in [0.717, 1.165) is 5.56 Å². The van der Waals surface area contributed by atoms with Crippen LogP contribution in [0.3, 0.4) is 0 Å². The maximum Gasteiger partial charge on any atom is 0.272 e. The zero-order valence-electron chi connectivity index (χ0n) is 23.0. The van der Waals surface area contributed by atoms with E-state index in [9.17, 15) is 18.0 Å². The van der Waals surface area contributed by atoms with Crippen molar-refractivity contribution in [2.75, 3.05) is 11.4 Å². The first-order valence-corrected chi connectivity index (χ1v) is 15.6. The number of rotatable bonds is 7. The van der Waals surface area contributed by atoms with Gasteiger partial charge in [-0.15, -0.1) is 0 Å². The summed E-state index contributed by atoms with van der Waals surface area (Å²) in [5.74, 6) is 0.187. The van der Waals surface area contributed by atoms with Crippen LogP contribution in [-0.2, 0) is 21.4 Å². The molecule has 1 saturated heterocycles. The molecule has 6 rings (SSSR count). The Morgan fingerprint density at radius 2 is 1.78 bits per heavy atom. The SMILES string of the molecule is Cc1ccc(S(=O)(=O)N2CCC2C(=O)N(Cc2ccc(C3CCCCC3)cn2)c2ccc3c(=O)[nH]ncc3c2)cc1. The van der Waals surface area contributed by atoms with Crippen molar-refractivity contribution in [1.82, 2.24) is 19.5 Å². The Balaban J connectivity index is 1.32. The number of hydrogen-bond donors (Lipinski definition) is 1. The van der Waals surface area contributed by atoms with Gasteiger partial charge in [0.25, 0.3) is 5.56 Å². The summed E-state index contributed by atoms with van der Waals surface area (Å²) in [4.78, 5) is 32.8. The lowest BCUT2D eigenvalue weighted by Crippen LogP contribution is -2.58. The van der Waals surface area contributed by atoms with Crippen LogP contribution >= 0.6 is 0 Å². The van der Waals surface area contributed by atoms with Gasteiger partial charge in [0.15, 0.2) is 0 Å². The molecule has 1 saturated carbocycles. The number of carbonyl (C=O) groups excluding carboxylic acids is 1. The van der Waals surface area contributed by atoms with Gasteiger partial charge in [-0.3, -0.25) is 14.6 Å². The lowest BCUT2D eigenvalue weighted by Gasteiger charge is -2.41. The van der Waals surface area contributed by atoms with E-state index in [1.165, 1.54) is 48.2 Å². The number of fused-ring (bicyclic) bond motifs is 1. The molecule has 0 radical (unpaired) electrons.